The van der Waals surface area contributed by atoms with Crippen LogP contribution in [0.5, 0.6) is 5.75 Å². The van der Waals surface area contributed by atoms with E-state index in [4.69, 9.17) is 4.74 Å². The van der Waals surface area contributed by atoms with Crippen molar-refractivity contribution >= 4 is 5.91 Å². The lowest BCUT2D eigenvalue weighted by atomic mass is 10.4. The molecule has 1 aromatic heterocycles. The molecule has 1 aliphatic rings. The van der Waals surface area contributed by atoms with Crippen molar-refractivity contribution in [2.45, 2.75) is 54.4 Å². The number of hydrogen-bond acceptors (Lipinski definition) is 3. The first-order valence-electron chi connectivity index (χ1n) is 7.93. The van der Waals surface area contributed by atoms with Crippen molar-refractivity contribution < 1.29 is 9.53 Å². The summed E-state index contributed by atoms with van der Waals surface area (Å²) in [5, 5.41) is 0. The number of likely N-dealkylation sites (tertiary alicyclic amines) is 1. The van der Waals surface area contributed by atoms with E-state index in [1.54, 1.807) is 11.1 Å². The number of nitrogens with zero attached hydrogens (tertiary/aromatic N) is 2. The third-order valence-corrected chi connectivity index (χ3v) is 2.51. The molecule has 0 aliphatic carbocycles. The average Bonchev–Trinajstić information content (AvgIpc) is 2.90. The highest BCUT2D eigenvalue weighted by Crippen LogP contribution is 2.07. The van der Waals surface area contributed by atoms with Crippen molar-refractivity contribution in [2.75, 3.05) is 20.2 Å². The summed E-state index contributed by atoms with van der Waals surface area (Å²) in [5.74, 6) is 1.13. The molecule has 0 aromatic carbocycles. The molecule has 0 unspecified atom stereocenters. The predicted molar refractivity (Wildman–Crippen MR) is 89.7 cm³/mol. The van der Waals surface area contributed by atoms with Gasteiger partial charge in [-0.2, -0.15) is 0 Å². The number of hydrogen-bond donors (Lipinski definition) is 0. The summed E-state index contributed by atoms with van der Waals surface area (Å²) in [7, 11) is 1.84. The number of aromatic nitrogens is 1. The monoisotopic (exact) mass is 296 g/mol. The molecule has 1 aromatic rings. The van der Waals surface area contributed by atoms with Crippen LogP contribution in [0.4, 0.5) is 0 Å². The van der Waals surface area contributed by atoms with Gasteiger partial charge in [-0.3, -0.25) is 9.78 Å². The molecule has 0 N–H and O–H groups in total. The zero-order valence-corrected chi connectivity index (χ0v) is 14.8. The lowest BCUT2D eigenvalue weighted by Crippen LogP contribution is -2.17. The van der Waals surface area contributed by atoms with Crippen LogP contribution in [0.2, 0.25) is 0 Å². The topological polar surface area (TPSA) is 42.4 Å². The van der Waals surface area contributed by atoms with Gasteiger partial charge in [0.05, 0.1) is 12.8 Å². The highest BCUT2D eigenvalue weighted by Gasteiger charge is 2.14. The normalized spacial score (nSPS) is 12.1. The molecular formula is C17H32N2O2. The number of rotatable bonds is 2. The summed E-state index contributed by atoms with van der Waals surface area (Å²) in [6.45, 7) is 13.6. The van der Waals surface area contributed by atoms with E-state index in [2.05, 4.69) is 4.98 Å². The van der Waals surface area contributed by atoms with E-state index >= 15 is 0 Å². The minimum absolute atomic E-state index is 0.292. The highest BCUT2D eigenvalue weighted by molar-refractivity contribution is 5.77. The summed E-state index contributed by atoms with van der Waals surface area (Å²) < 4.78 is 5.20. The number of ether oxygens (including phenoxy) is 1. The fraction of sp³-hybridized carbons (Fsp3) is 0.647. The molecule has 2 heterocycles. The Hall–Kier alpha value is -1.58. The number of amides is 1. The Balaban J connectivity index is 0. The van der Waals surface area contributed by atoms with E-state index in [9.17, 15) is 4.79 Å². The van der Waals surface area contributed by atoms with E-state index in [1.165, 1.54) is 0 Å². The first kappa shape index (κ1) is 21.7. The van der Waals surface area contributed by atoms with Crippen LogP contribution >= 0.6 is 0 Å². The molecule has 21 heavy (non-hydrogen) atoms. The van der Waals surface area contributed by atoms with Crippen LogP contribution in [0.15, 0.2) is 18.3 Å². The smallest absolute Gasteiger partial charge is 0.222 e. The Morgan fingerprint density at radius 3 is 2.14 bits per heavy atom. The zero-order valence-electron chi connectivity index (χ0n) is 14.8. The molecule has 1 aliphatic heterocycles. The van der Waals surface area contributed by atoms with Crippen LogP contribution in [-0.4, -0.2) is 36.0 Å². The van der Waals surface area contributed by atoms with E-state index in [0.717, 1.165) is 30.8 Å². The van der Waals surface area contributed by atoms with Crippen LogP contribution in [0.3, 0.4) is 0 Å². The van der Waals surface area contributed by atoms with Gasteiger partial charge in [0.2, 0.25) is 5.91 Å². The van der Waals surface area contributed by atoms with Crippen LogP contribution in [0, 0.1) is 6.92 Å². The number of pyridine rings is 1. The molecule has 4 heteroatoms. The van der Waals surface area contributed by atoms with Gasteiger partial charge in [-0.25, -0.2) is 0 Å². The minimum Gasteiger partial charge on any atom is -0.492 e. The maximum atomic E-state index is 10.5. The minimum atomic E-state index is 0.292. The SMILES string of the molecule is CC.CC.CCOc1ccc(C)nc1.CN1CCCC1=O. The average molecular weight is 296 g/mol. The van der Waals surface area contributed by atoms with Crippen molar-refractivity contribution in [1.82, 2.24) is 9.88 Å². The number of aryl methyl sites for hydroxylation is 1. The molecule has 0 saturated carbocycles. The molecule has 0 radical (unpaired) electrons. The van der Waals surface area contributed by atoms with Gasteiger partial charge in [0.1, 0.15) is 5.75 Å². The lowest BCUT2D eigenvalue weighted by Gasteiger charge is -2.03. The largest absolute Gasteiger partial charge is 0.492 e. The Labute approximate surface area is 130 Å². The standard InChI is InChI=1S/C8H11NO.C5H9NO.2C2H6/c1-3-10-8-5-4-7(2)9-6-8;1-6-4-2-3-5(6)7;2*1-2/h4-6H,3H2,1-2H3;2-4H2,1H3;2*1-2H3. The second-order valence-corrected chi connectivity index (χ2v) is 3.99. The van der Waals surface area contributed by atoms with Crippen LogP contribution < -0.4 is 4.74 Å². The second-order valence-electron chi connectivity index (χ2n) is 3.99. The van der Waals surface area contributed by atoms with Gasteiger partial charge in [-0.1, -0.05) is 27.7 Å². The van der Waals surface area contributed by atoms with Crippen LogP contribution in [0.1, 0.15) is 53.2 Å². The molecule has 1 saturated heterocycles. The highest BCUT2D eigenvalue weighted by atomic mass is 16.5. The van der Waals surface area contributed by atoms with Crippen molar-refractivity contribution in [2.24, 2.45) is 0 Å². The Morgan fingerprint density at radius 2 is 1.86 bits per heavy atom. The summed E-state index contributed by atoms with van der Waals surface area (Å²) in [6, 6.07) is 3.86. The Morgan fingerprint density at radius 1 is 1.24 bits per heavy atom. The van der Waals surface area contributed by atoms with Gasteiger partial charge < -0.3 is 9.64 Å². The van der Waals surface area contributed by atoms with E-state index in [1.807, 2.05) is 60.7 Å². The third kappa shape index (κ3) is 10.8. The summed E-state index contributed by atoms with van der Waals surface area (Å²) in [5.41, 5.74) is 1.02. The first-order chi connectivity index (χ1) is 10.1. The predicted octanol–water partition coefficient (Wildman–Crippen LogP) is 4.08. The molecule has 1 fully saturated rings. The van der Waals surface area contributed by atoms with Gasteiger partial charge in [0.25, 0.3) is 0 Å². The van der Waals surface area contributed by atoms with Crippen LogP contribution in [0.25, 0.3) is 0 Å². The van der Waals surface area contributed by atoms with Gasteiger partial charge >= 0.3 is 0 Å². The molecule has 4 nitrogen and oxygen atoms in total. The number of carbonyl (C=O) groups is 1. The van der Waals surface area contributed by atoms with E-state index < -0.39 is 0 Å². The van der Waals surface area contributed by atoms with Gasteiger partial charge in [-0.05, 0) is 32.4 Å². The molecule has 0 spiro atoms. The molecule has 122 valence electrons. The Bertz CT molecular complexity index is 350. The quantitative estimate of drug-likeness (QED) is 0.826. The fourth-order valence-corrected chi connectivity index (χ4v) is 1.49. The molecular weight excluding hydrogens is 264 g/mol. The summed E-state index contributed by atoms with van der Waals surface area (Å²) >= 11 is 0. The Kier molecular flexibility index (Phi) is 15.3. The van der Waals surface area contributed by atoms with Gasteiger partial charge in [0, 0.05) is 25.7 Å². The van der Waals surface area contributed by atoms with E-state index in [0.29, 0.717) is 12.5 Å². The molecule has 1 amide bonds. The fourth-order valence-electron chi connectivity index (χ4n) is 1.49. The zero-order chi connectivity index (χ0) is 16.7. The van der Waals surface area contributed by atoms with Crippen molar-refractivity contribution in [1.29, 1.82) is 0 Å². The van der Waals surface area contributed by atoms with E-state index in [-0.39, 0.29) is 0 Å². The van der Waals surface area contributed by atoms with Crippen molar-refractivity contribution in [3.63, 3.8) is 0 Å². The lowest BCUT2D eigenvalue weighted by molar-refractivity contribution is -0.126. The van der Waals surface area contributed by atoms with Gasteiger partial charge in [0.15, 0.2) is 0 Å². The number of carbonyl (C=O) groups excluding carboxylic acids is 1. The maximum Gasteiger partial charge on any atom is 0.222 e. The third-order valence-electron chi connectivity index (χ3n) is 2.51. The molecule has 2 rings (SSSR count). The van der Waals surface area contributed by atoms with Crippen LogP contribution in [-0.2, 0) is 4.79 Å². The van der Waals surface area contributed by atoms with Crippen molar-refractivity contribution in [3.8, 4) is 5.75 Å². The van der Waals surface area contributed by atoms with Gasteiger partial charge in [-0.15, -0.1) is 0 Å². The summed E-state index contributed by atoms with van der Waals surface area (Å²) in [6.07, 6.45) is 3.55. The maximum absolute atomic E-state index is 10.5. The molecule has 0 atom stereocenters. The molecule has 0 bridgehead atoms. The summed E-state index contributed by atoms with van der Waals surface area (Å²) in [4.78, 5) is 16.3. The second kappa shape index (κ2) is 14.8. The first-order valence-corrected chi connectivity index (χ1v) is 7.93. The van der Waals surface area contributed by atoms with Crippen molar-refractivity contribution in [3.05, 3.63) is 24.0 Å².